The molecular formula is C19H26N2O3. The average Bonchev–Trinajstić information content (AvgIpc) is 2.85. The highest BCUT2D eigenvalue weighted by Crippen LogP contribution is 2.37. The number of rotatable bonds is 3. The molecule has 0 radical (unpaired) electrons. The summed E-state index contributed by atoms with van der Waals surface area (Å²) in [7, 11) is 0. The number of hydrogen-bond donors (Lipinski definition) is 1. The van der Waals surface area contributed by atoms with E-state index in [0.29, 0.717) is 12.3 Å². The molecule has 1 unspecified atom stereocenters. The van der Waals surface area contributed by atoms with Crippen molar-refractivity contribution in [1.82, 2.24) is 5.32 Å². The Labute approximate surface area is 143 Å². The number of nitrogens with zero attached hydrogens (tertiary/aromatic N) is 1. The van der Waals surface area contributed by atoms with Gasteiger partial charge in [0.15, 0.2) is 0 Å². The fourth-order valence-corrected chi connectivity index (χ4v) is 3.60. The highest BCUT2D eigenvalue weighted by molar-refractivity contribution is 6.16. The summed E-state index contributed by atoms with van der Waals surface area (Å²) >= 11 is 0. The maximum Gasteiger partial charge on any atom is 0.280 e. The van der Waals surface area contributed by atoms with E-state index < -0.39 is 5.60 Å². The molecule has 1 aromatic rings. The number of fused-ring (bicyclic) bond motifs is 1. The first-order chi connectivity index (χ1) is 11.6. The average molecular weight is 330 g/mol. The van der Waals surface area contributed by atoms with Crippen LogP contribution in [-0.4, -0.2) is 30.0 Å². The van der Waals surface area contributed by atoms with Crippen molar-refractivity contribution in [3.8, 4) is 5.75 Å². The summed E-state index contributed by atoms with van der Waals surface area (Å²) < 4.78 is 5.90. The van der Waals surface area contributed by atoms with Gasteiger partial charge in [0.2, 0.25) is 0 Å². The van der Waals surface area contributed by atoms with Crippen LogP contribution in [0.25, 0.3) is 0 Å². The maximum absolute atomic E-state index is 12.9. The van der Waals surface area contributed by atoms with Crippen molar-refractivity contribution in [2.75, 3.05) is 11.4 Å². The van der Waals surface area contributed by atoms with Crippen LogP contribution in [0.4, 0.5) is 5.69 Å². The third kappa shape index (κ3) is 2.99. The molecular weight excluding hydrogens is 304 g/mol. The van der Waals surface area contributed by atoms with Crippen LogP contribution in [0.15, 0.2) is 24.3 Å². The van der Waals surface area contributed by atoms with Crippen molar-refractivity contribution in [3.63, 3.8) is 0 Å². The van der Waals surface area contributed by atoms with Gasteiger partial charge in [-0.05, 0) is 38.8 Å². The number of carbonyl (C=O) groups is 2. The smallest absolute Gasteiger partial charge is 0.280 e. The summed E-state index contributed by atoms with van der Waals surface area (Å²) in [4.78, 5) is 27.5. The van der Waals surface area contributed by atoms with E-state index in [0.717, 1.165) is 31.4 Å². The Kier molecular flexibility index (Phi) is 4.78. The van der Waals surface area contributed by atoms with Crippen molar-refractivity contribution in [1.29, 1.82) is 0 Å². The van der Waals surface area contributed by atoms with Gasteiger partial charge in [0.25, 0.3) is 17.4 Å². The molecule has 0 bridgehead atoms. The number of likely N-dealkylation sites (N-methyl/N-ethyl adjacent to an activating group) is 1. The van der Waals surface area contributed by atoms with Gasteiger partial charge in [0.1, 0.15) is 5.75 Å². The summed E-state index contributed by atoms with van der Waals surface area (Å²) in [5.41, 5.74) is -0.777. The zero-order valence-electron chi connectivity index (χ0n) is 14.5. The molecule has 2 amide bonds. The molecule has 1 N–H and O–H groups in total. The van der Waals surface area contributed by atoms with Gasteiger partial charge in [-0.1, -0.05) is 37.8 Å². The monoisotopic (exact) mass is 330 g/mol. The Morgan fingerprint density at radius 1 is 1.25 bits per heavy atom. The van der Waals surface area contributed by atoms with Crippen molar-refractivity contribution in [3.05, 3.63) is 24.3 Å². The topological polar surface area (TPSA) is 58.6 Å². The largest absolute Gasteiger partial charge is 0.466 e. The van der Waals surface area contributed by atoms with E-state index in [9.17, 15) is 9.59 Å². The first kappa shape index (κ1) is 16.8. The van der Waals surface area contributed by atoms with Gasteiger partial charge in [-0.3, -0.25) is 9.59 Å². The second kappa shape index (κ2) is 6.83. The van der Waals surface area contributed by atoms with Gasteiger partial charge in [0.05, 0.1) is 5.69 Å². The molecule has 0 saturated heterocycles. The molecule has 1 heterocycles. The molecule has 5 nitrogen and oxygen atoms in total. The molecule has 1 fully saturated rings. The molecule has 1 aliphatic heterocycles. The van der Waals surface area contributed by atoms with Crippen LogP contribution in [0.3, 0.4) is 0 Å². The number of para-hydroxylation sites is 2. The maximum atomic E-state index is 12.9. The van der Waals surface area contributed by atoms with Gasteiger partial charge in [-0.25, -0.2) is 0 Å². The van der Waals surface area contributed by atoms with E-state index in [4.69, 9.17) is 4.74 Å². The van der Waals surface area contributed by atoms with Crippen molar-refractivity contribution in [2.45, 2.75) is 64.0 Å². The summed E-state index contributed by atoms with van der Waals surface area (Å²) in [5.74, 6) is -0.0420. The van der Waals surface area contributed by atoms with Gasteiger partial charge >= 0.3 is 0 Å². The van der Waals surface area contributed by atoms with Crippen molar-refractivity contribution < 1.29 is 14.3 Å². The van der Waals surface area contributed by atoms with Crippen LogP contribution in [0.5, 0.6) is 5.75 Å². The summed E-state index contributed by atoms with van der Waals surface area (Å²) in [6, 6.07) is 7.51. The quantitative estimate of drug-likeness (QED) is 0.684. The van der Waals surface area contributed by atoms with E-state index in [1.54, 1.807) is 11.8 Å². The number of hydrogen-bond acceptors (Lipinski definition) is 3. The zero-order valence-corrected chi connectivity index (χ0v) is 14.5. The molecule has 1 saturated carbocycles. The standard InChI is InChI=1S/C19H26N2O3/c1-3-21-15-12-8-9-13-16(15)24-19(2,18(21)23)17(22)20-14-10-6-4-5-7-11-14/h8-9,12-14H,3-7,10-11H2,1-2H3,(H,20,22). The third-order valence-electron chi connectivity index (χ3n) is 5.06. The number of ether oxygens (including phenoxy) is 1. The minimum atomic E-state index is -1.50. The van der Waals surface area contributed by atoms with E-state index in [1.807, 2.05) is 31.2 Å². The Bertz CT molecular complexity index is 623. The van der Waals surface area contributed by atoms with Crippen LogP contribution in [-0.2, 0) is 9.59 Å². The molecule has 1 aromatic carbocycles. The first-order valence-corrected chi connectivity index (χ1v) is 8.97. The molecule has 0 aromatic heterocycles. The van der Waals surface area contributed by atoms with E-state index >= 15 is 0 Å². The highest BCUT2D eigenvalue weighted by atomic mass is 16.5. The van der Waals surface area contributed by atoms with Crippen LogP contribution >= 0.6 is 0 Å². The zero-order chi connectivity index (χ0) is 17.2. The minimum absolute atomic E-state index is 0.139. The van der Waals surface area contributed by atoms with Crippen molar-refractivity contribution in [2.24, 2.45) is 0 Å². The van der Waals surface area contributed by atoms with E-state index in [2.05, 4.69) is 5.32 Å². The van der Waals surface area contributed by atoms with Crippen LogP contribution in [0, 0.1) is 0 Å². The molecule has 130 valence electrons. The normalized spacial score (nSPS) is 24.8. The lowest BCUT2D eigenvalue weighted by atomic mass is 9.98. The number of benzene rings is 1. The van der Waals surface area contributed by atoms with Crippen molar-refractivity contribution >= 4 is 17.5 Å². The Morgan fingerprint density at radius 3 is 2.58 bits per heavy atom. The number of carbonyl (C=O) groups excluding carboxylic acids is 2. The van der Waals surface area contributed by atoms with Gasteiger partial charge in [-0.2, -0.15) is 0 Å². The predicted octanol–water partition coefficient (Wildman–Crippen LogP) is 3.03. The summed E-state index contributed by atoms with van der Waals surface area (Å²) in [6.45, 7) is 4.00. The van der Waals surface area contributed by atoms with Gasteiger partial charge < -0.3 is 15.0 Å². The second-order valence-corrected chi connectivity index (χ2v) is 6.81. The summed E-state index contributed by atoms with van der Waals surface area (Å²) in [6.07, 6.45) is 6.64. The van der Waals surface area contributed by atoms with E-state index in [-0.39, 0.29) is 17.9 Å². The van der Waals surface area contributed by atoms with E-state index in [1.165, 1.54) is 12.8 Å². The Morgan fingerprint density at radius 2 is 1.92 bits per heavy atom. The molecule has 1 aliphatic carbocycles. The third-order valence-corrected chi connectivity index (χ3v) is 5.06. The van der Waals surface area contributed by atoms with Gasteiger partial charge in [-0.15, -0.1) is 0 Å². The number of anilines is 1. The molecule has 0 spiro atoms. The fraction of sp³-hybridized carbons (Fsp3) is 0.579. The van der Waals surface area contributed by atoms with Crippen LogP contribution < -0.4 is 15.0 Å². The molecule has 1 atom stereocenters. The summed E-state index contributed by atoms with van der Waals surface area (Å²) in [5, 5.41) is 3.06. The molecule has 3 rings (SSSR count). The lowest BCUT2D eigenvalue weighted by molar-refractivity contribution is -0.148. The SMILES string of the molecule is CCN1C(=O)C(C)(C(=O)NC2CCCCCC2)Oc2ccccc21. The first-order valence-electron chi connectivity index (χ1n) is 8.97. The Hall–Kier alpha value is -2.04. The lowest BCUT2D eigenvalue weighted by Gasteiger charge is -2.39. The Balaban J connectivity index is 1.83. The fourth-order valence-electron chi connectivity index (χ4n) is 3.60. The molecule has 5 heteroatoms. The van der Waals surface area contributed by atoms with Crippen LogP contribution in [0.1, 0.15) is 52.4 Å². The lowest BCUT2D eigenvalue weighted by Crippen LogP contribution is -2.63. The predicted molar refractivity (Wildman–Crippen MR) is 93.1 cm³/mol. The highest BCUT2D eigenvalue weighted by Gasteiger charge is 2.50. The molecule has 24 heavy (non-hydrogen) atoms. The minimum Gasteiger partial charge on any atom is -0.466 e. The second-order valence-electron chi connectivity index (χ2n) is 6.81. The number of nitrogens with one attached hydrogen (secondary N) is 1. The molecule has 2 aliphatic rings. The number of amides is 2. The van der Waals surface area contributed by atoms with Crippen LogP contribution in [0.2, 0.25) is 0 Å². The van der Waals surface area contributed by atoms with Gasteiger partial charge in [0, 0.05) is 12.6 Å².